The van der Waals surface area contributed by atoms with Crippen LogP contribution in [0.3, 0.4) is 0 Å². The van der Waals surface area contributed by atoms with Crippen molar-refractivity contribution in [2.24, 2.45) is 5.73 Å². The number of anilines is 1. The second-order valence-electron chi connectivity index (χ2n) is 8.38. The Hall–Kier alpha value is -2.98. The molecule has 0 saturated carbocycles. The van der Waals surface area contributed by atoms with E-state index in [-0.39, 0.29) is 24.7 Å². The molecule has 0 spiro atoms. The fraction of sp³-hybridized carbons (Fsp3) is 0.480. The molecular weight excluding hydrogens is 463 g/mol. The number of rotatable bonds is 13. The van der Waals surface area contributed by atoms with Crippen LogP contribution in [-0.4, -0.2) is 63.2 Å². The van der Waals surface area contributed by atoms with E-state index >= 15 is 0 Å². The zero-order chi connectivity index (χ0) is 25.3. The molecule has 4 N–H and O–H groups in total. The van der Waals surface area contributed by atoms with E-state index < -0.39 is 18.7 Å². The average molecular weight is 496 g/mol. The minimum Gasteiger partial charge on any atom is -0.488 e. The van der Waals surface area contributed by atoms with Crippen molar-refractivity contribution in [3.8, 4) is 11.5 Å². The number of carbonyl (C=O) groups is 1. The molecule has 2 aromatic rings. The van der Waals surface area contributed by atoms with E-state index in [0.717, 1.165) is 36.2 Å². The SMILES string of the molecule is NC(=O)c1cc(CCNCCOc2ccccc2OCC(F)(F)F)cc2c1N(CCCO)CCC2. The molecular formula is C25H32F3N3O4. The fourth-order valence-corrected chi connectivity index (χ4v) is 4.15. The third-order valence-corrected chi connectivity index (χ3v) is 5.66. The number of aryl methyl sites for hydroxylation is 1. The monoisotopic (exact) mass is 495 g/mol. The van der Waals surface area contributed by atoms with Gasteiger partial charge in [0.1, 0.15) is 6.61 Å². The second-order valence-corrected chi connectivity index (χ2v) is 8.38. The lowest BCUT2D eigenvalue weighted by molar-refractivity contribution is -0.153. The third kappa shape index (κ3) is 8.03. The number of nitrogens with two attached hydrogens (primary N) is 1. The lowest BCUT2D eigenvalue weighted by Crippen LogP contribution is -2.33. The van der Waals surface area contributed by atoms with Gasteiger partial charge < -0.3 is 30.5 Å². The van der Waals surface area contributed by atoms with Crippen LogP contribution in [0.25, 0.3) is 0 Å². The first-order valence-electron chi connectivity index (χ1n) is 11.7. The number of halogens is 3. The number of hydrogen-bond acceptors (Lipinski definition) is 6. The molecule has 1 aliphatic heterocycles. The summed E-state index contributed by atoms with van der Waals surface area (Å²) in [6, 6.07) is 10.2. The van der Waals surface area contributed by atoms with Crippen molar-refractivity contribution in [1.29, 1.82) is 0 Å². The Labute approximate surface area is 203 Å². The molecule has 1 amide bonds. The minimum atomic E-state index is -4.42. The van der Waals surface area contributed by atoms with E-state index in [2.05, 4.69) is 16.3 Å². The van der Waals surface area contributed by atoms with Crippen molar-refractivity contribution in [1.82, 2.24) is 5.32 Å². The summed E-state index contributed by atoms with van der Waals surface area (Å²) in [5, 5.41) is 12.4. The predicted molar refractivity (Wildman–Crippen MR) is 127 cm³/mol. The van der Waals surface area contributed by atoms with E-state index in [1.54, 1.807) is 18.2 Å². The van der Waals surface area contributed by atoms with E-state index in [1.807, 2.05) is 6.07 Å². The Morgan fingerprint density at radius 1 is 1.14 bits per heavy atom. The van der Waals surface area contributed by atoms with Crippen LogP contribution in [0.2, 0.25) is 0 Å². The van der Waals surface area contributed by atoms with Gasteiger partial charge in [-0.05, 0) is 61.6 Å². The van der Waals surface area contributed by atoms with E-state index in [1.165, 1.54) is 6.07 Å². The van der Waals surface area contributed by atoms with Crippen LogP contribution >= 0.6 is 0 Å². The van der Waals surface area contributed by atoms with Crippen LogP contribution in [0.4, 0.5) is 18.9 Å². The summed E-state index contributed by atoms with van der Waals surface area (Å²) >= 11 is 0. The van der Waals surface area contributed by atoms with Crippen molar-refractivity contribution in [3.63, 3.8) is 0 Å². The van der Waals surface area contributed by atoms with Crippen molar-refractivity contribution in [2.45, 2.75) is 31.9 Å². The number of para-hydroxylation sites is 2. The number of ether oxygens (including phenoxy) is 2. The number of nitrogens with zero attached hydrogens (tertiary/aromatic N) is 1. The quantitative estimate of drug-likeness (QED) is 0.370. The molecule has 0 radical (unpaired) electrons. The Balaban J connectivity index is 1.51. The van der Waals surface area contributed by atoms with Gasteiger partial charge in [-0.15, -0.1) is 0 Å². The highest BCUT2D eigenvalue weighted by Crippen LogP contribution is 2.32. The number of alkyl halides is 3. The zero-order valence-electron chi connectivity index (χ0n) is 19.6. The number of primary amides is 1. The maximum Gasteiger partial charge on any atom is 0.422 e. The van der Waals surface area contributed by atoms with Crippen molar-refractivity contribution >= 4 is 11.6 Å². The van der Waals surface area contributed by atoms with Gasteiger partial charge in [-0.1, -0.05) is 18.2 Å². The Kier molecular flexibility index (Phi) is 9.62. The Morgan fingerprint density at radius 3 is 2.57 bits per heavy atom. The van der Waals surface area contributed by atoms with Crippen molar-refractivity contribution in [2.75, 3.05) is 50.9 Å². The molecule has 0 saturated heterocycles. The fourth-order valence-electron chi connectivity index (χ4n) is 4.15. The number of carbonyl (C=O) groups excluding carboxylic acids is 1. The lowest BCUT2D eigenvalue weighted by atomic mass is 9.93. The molecule has 1 aliphatic rings. The van der Waals surface area contributed by atoms with Gasteiger partial charge in [0.05, 0.1) is 11.3 Å². The van der Waals surface area contributed by atoms with Gasteiger partial charge in [-0.3, -0.25) is 4.79 Å². The summed E-state index contributed by atoms with van der Waals surface area (Å²) in [7, 11) is 0. The molecule has 0 aliphatic carbocycles. The third-order valence-electron chi connectivity index (χ3n) is 5.66. The molecule has 0 aromatic heterocycles. The first kappa shape index (κ1) is 26.6. The predicted octanol–water partition coefficient (Wildman–Crippen LogP) is 3.07. The summed E-state index contributed by atoms with van der Waals surface area (Å²) in [6.07, 6.45) is -1.27. The molecule has 192 valence electrons. The molecule has 0 unspecified atom stereocenters. The number of benzene rings is 2. The summed E-state index contributed by atoms with van der Waals surface area (Å²) in [5.74, 6) is -0.164. The lowest BCUT2D eigenvalue weighted by Gasteiger charge is -2.33. The summed E-state index contributed by atoms with van der Waals surface area (Å²) in [6.45, 7) is 1.59. The molecule has 1 heterocycles. The number of aliphatic hydroxyl groups excluding tert-OH is 1. The van der Waals surface area contributed by atoms with Crippen LogP contribution in [0, 0.1) is 0 Å². The van der Waals surface area contributed by atoms with Crippen LogP contribution in [0.15, 0.2) is 36.4 Å². The van der Waals surface area contributed by atoms with Crippen LogP contribution in [0.5, 0.6) is 11.5 Å². The standard InChI is InChI=1S/C25H32F3N3O4/c26-25(27,28)17-35-22-7-2-1-6-21(22)34-14-10-30-9-8-18-15-19-5-3-11-31(12-4-13-32)23(19)20(16-18)24(29)33/h1-2,6-7,15-16,30,32H,3-5,8-14,17H2,(H2,29,33). The maximum atomic E-state index is 12.4. The highest BCUT2D eigenvalue weighted by molar-refractivity contribution is 6.00. The average Bonchev–Trinajstić information content (AvgIpc) is 2.83. The number of fused-ring (bicyclic) bond motifs is 1. The molecule has 0 bridgehead atoms. The highest BCUT2D eigenvalue weighted by Gasteiger charge is 2.29. The first-order chi connectivity index (χ1) is 16.8. The Morgan fingerprint density at radius 2 is 1.89 bits per heavy atom. The molecule has 3 rings (SSSR count). The van der Waals surface area contributed by atoms with Crippen LogP contribution in [-0.2, 0) is 12.8 Å². The number of amides is 1. The summed E-state index contributed by atoms with van der Waals surface area (Å²) in [5.41, 5.74) is 9.17. The van der Waals surface area contributed by atoms with Crippen molar-refractivity contribution < 1.29 is 32.5 Å². The molecule has 0 fully saturated rings. The van der Waals surface area contributed by atoms with E-state index in [0.29, 0.717) is 38.0 Å². The van der Waals surface area contributed by atoms with Crippen LogP contribution < -0.4 is 25.4 Å². The number of nitrogens with one attached hydrogen (secondary N) is 1. The molecule has 7 nitrogen and oxygen atoms in total. The molecule has 10 heteroatoms. The normalized spacial score (nSPS) is 13.4. The van der Waals surface area contributed by atoms with Gasteiger partial charge in [-0.2, -0.15) is 13.2 Å². The Bertz CT molecular complexity index is 985. The smallest absolute Gasteiger partial charge is 0.422 e. The van der Waals surface area contributed by atoms with Gasteiger partial charge in [0.25, 0.3) is 5.91 Å². The molecule has 0 atom stereocenters. The van der Waals surface area contributed by atoms with Crippen molar-refractivity contribution in [3.05, 3.63) is 53.1 Å². The van der Waals surface area contributed by atoms with E-state index in [9.17, 15) is 23.1 Å². The van der Waals surface area contributed by atoms with Gasteiger partial charge in [0.15, 0.2) is 18.1 Å². The summed E-state index contributed by atoms with van der Waals surface area (Å²) < 4.78 is 47.7. The van der Waals surface area contributed by atoms with E-state index in [4.69, 9.17) is 15.2 Å². The topological polar surface area (TPSA) is 97.1 Å². The van der Waals surface area contributed by atoms with Gasteiger partial charge in [0, 0.05) is 26.2 Å². The highest BCUT2D eigenvalue weighted by atomic mass is 19.4. The van der Waals surface area contributed by atoms with Crippen LogP contribution in [0.1, 0.15) is 34.3 Å². The second kappa shape index (κ2) is 12.6. The van der Waals surface area contributed by atoms with Gasteiger partial charge >= 0.3 is 6.18 Å². The number of aliphatic hydroxyl groups is 1. The minimum absolute atomic E-state index is 0.0471. The largest absolute Gasteiger partial charge is 0.488 e. The molecule has 35 heavy (non-hydrogen) atoms. The van der Waals surface area contributed by atoms with Gasteiger partial charge in [-0.25, -0.2) is 0 Å². The zero-order valence-corrected chi connectivity index (χ0v) is 19.6. The number of hydrogen-bond donors (Lipinski definition) is 3. The summed E-state index contributed by atoms with van der Waals surface area (Å²) in [4.78, 5) is 14.3. The first-order valence-corrected chi connectivity index (χ1v) is 11.7. The maximum absolute atomic E-state index is 12.4. The van der Waals surface area contributed by atoms with Gasteiger partial charge in [0.2, 0.25) is 0 Å². The molecule has 2 aromatic carbocycles.